The molecule has 0 aliphatic heterocycles. The van der Waals surface area contributed by atoms with Gasteiger partial charge < -0.3 is 9.88 Å². The second-order valence-electron chi connectivity index (χ2n) is 5.23. The Kier molecular flexibility index (Phi) is 4.45. The average molecular weight is 292 g/mol. The first-order valence-electron chi connectivity index (χ1n) is 6.50. The molecule has 20 heavy (non-hydrogen) atoms. The summed E-state index contributed by atoms with van der Waals surface area (Å²) in [4.78, 5) is 16.0. The number of amides is 1. The summed E-state index contributed by atoms with van der Waals surface area (Å²) in [5.74, 6) is 0.0126. The molecule has 0 aliphatic rings. The standard InChI is InChI=1S/C15H18ClN3O/c1-15(2,12-3-5-13(16)6-4-12)18-14(20)7-9-19-10-8-17-11-19/h3-6,8,10-11H,7,9H2,1-2H3,(H,18,20). The first-order valence-corrected chi connectivity index (χ1v) is 6.88. The lowest BCUT2D eigenvalue weighted by Crippen LogP contribution is -2.41. The number of imidazole rings is 1. The van der Waals surface area contributed by atoms with Gasteiger partial charge in [-0.25, -0.2) is 4.98 Å². The molecule has 1 aromatic carbocycles. The van der Waals surface area contributed by atoms with Gasteiger partial charge in [0, 0.05) is 30.4 Å². The Hall–Kier alpha value is -1.81. The molecule has 2 rings (SSSR count). The van der Waals surface area contributed by atoms with Gasteiger partial charge in [0.1, 0.15) is 0 Å². The molecule has 0 atom stereocenters. The molecule has 0 radical (unpaired) electrons. The van der Waals surface area contributed by atoms with Crippen LogP contribution in [0, 0.1) is 0 Å². The van der Waals surface area contributed by atoms with E-state index in [0.717, 1.165) is 5.56 Å². The van der Waals surface area contributed by atoms with Crippen LogP contribution in [0.3, 0.4) is 0 Å². The van der Waals surface area contributed by atoms with Crippen LogP contribution in [0.1, 0.15) is 25.8 Å². The number of hydrogen-bond acceptors (Lipinski definition) is 2. The molecule has 1 N–H and O–H groups in total. The molecule has 1 heterocycles. The maximum atomic E-state index is 12.0. The van der Waals surface area contributed by atoms with Gasteiger partial charge in [0.2, 0.25) is 5.91 Å². The van der Waals surface area contributed by atoms with Crippen molar-refractivity contribution in [2.75, 3.05) is 0 Å². The number of nitrogens with one attached hydrogen (secondary N) is 1. The van der Waals surface area contributed by atoms with Crippen LogP contribution >= 0.6 is 11.6 Å². The van der Waals surface area contributed by atoms with Crippen molar-refractivity contribution in [2.24, 2.45) is 0 Å². The second-order valence-corrected chi connectivity index (χ2v) is 5.67. The van der Waals surface area contributed by atoms with Crippen molar-refractivity contribution >= 4 is 17.5 Å². The van der Waals surface area contributed by atoms with Gasteiger partial charge >= 0.3 is 0 Å². The Morgan fingerprint density at radius 1 is 1.35 bits per heavy atom. The number of halogens is 1. The summed E-state index contributed by atoms with van der Waals surface area (Å²) in [5.41, 5.74) is 0.606. The Balaban J connectivity index is 1.93. The molecule has 2 aromatic rings. The van der Waals surface area contributed by atoms with Gasteiger partial charge in [-0.3, -0.25) is 4.79 Å². The summed E-state index contributed by atoms with van der Waals surface area (Å²) in [6, 6.07) is 7.52. The maximum absolute atomic E-state index is 12.0. The summed E-state index contributed by atoms with van der Waals surface area (Å²) in [7, 11) is 0. The number of hydrogen-bond donors (Lipinski definition) is 1. The molecule has 0 fully saturated rings. The van der Waals surface area contributed by atoms with Crippen LogP contribution in [0.25, 0.3) is 0 Å². The van der Waals surface area contributed by atoms with Crippen LogP contribution < -0.4 is 5.32 Å². The van der Waals surface area contributed by atoms with E-state index in [2.05, 4.69) is 10.3 Å². The van der Waals surface area contributed by atoms with E-state index >= 15 is 0 Å². The zero-order valence-electron chi connectivity index (χ0n) is 11.6. The van der Waals surface area contributed by atoms with Crippen molar-refractivity contribution in [3.8, 4) is 0 Å². The Labute approximate surface area is 123 Å². The highest BCUT2D eigenvalue weighted by Crippen LogP contribution is 2.22. The molecule has 0 bridgehead atoms. The monoisotopic (exact) mass is 291 g/mol. The molecule has 106 valence electrons. The summed E-state index contributed by atoms with van der Waals surface area (Å²) >= 11 is 5.88. The molecule has 0 unspecified atom stereocenters. The van der Waals surface area contributed by atoms with Crippen molar-refractivity contribution in [3.05, 3.63) is 53.6 Å². The molecular weight excluding hydrogens is 274 g/mol. The number of aromatic nitrogens is 2. The predicted molar refractivity (Wildman–Crippen MR) is 79.5 cm³/mol. The molecule has 5 heteroatoms. The van der Waals surface area contributed by atoms with Gasteiger partial charge in [-0.1, -0.05) is 23.7 Å². The van der Waals surface area contributed by atoms with Crippen LogP contribution in [0.2, 0.25) is 5.02 Å². The third-order valence-corrected chi connectivity index (χ3v) is 3.43. The Morgan fingerprint density at radius 2 is 2.05 bits per heavy atom. The minimum absolute atomic E-state index is 0.0126. The largest absolute Gasteiger partial charge is 0.347 e. The normalized spacial score (nSPS) is 11.3. The third-order valence-electron chi connectivity index (χ3n) is 3.17. The summed E-state index contributed by atoms with van der Waals surface area (Å²) in [5, 5.41) is 3.73. The highest BCUT2D eigenvalue weighted by molar-refractivity contribution is 6.30. The maximum Gasteiger partial charge on any atom is 0.222 e. The molecule has 0 spiro atoms. The lowest BCUT2D eigenvalue weighted by Gasteiger charge is -2.27. The van der Waals surface area contributed by atoms with E-state index in [9.17, 15) is 4.79 Å². The predicted octanol–water partition coefficient (Wildman–Crippen LogP) is 2.98. The molecule has 0 saturated heterocycles. The lowest BCUT2D eigenvalue weighted by molar-refractivity contribution is -0.123. The molecule has 0 saturated carbocycles. The lowest BCUT2D eigenvalue weighted by atomic mass is 9.94. The highest BCUT2D eigenvalue weighted by Gasteiger charge is 2.22. The molecular formula is C15H18ClN3O. The Morgan fingerprint density at radius 3 is 2.65 bits per heavy atom. The van der Waals surface area contributed by atoms with Crippen molar-refractivity contribution in [3.63, 3.8) is 0 Å². The van der Waals surface area contributed by atoms with Crippen LogP contribution in [0.5, 0.6) is 0 Å². The van der Waals surface area contributed by atoms with E-state index in [1.54, 1.807) is 12.5 Å². The van der Waals surface area contributed by atoms with E-state index in [-0.39, 0.29) is 5.91 Å². The van der Waals surface area contributed by atoms with Crippen molar-refractivity contribution in [1.29, 1.82) is 0 Å². The minimum atomic E-state index is -0.420. The molecule has 0 aliphatic carbocycles. The van der Waals surface area contributed by atoms with Gasteiger partial charge in [0.05, 0.1) is 11.9 Å². The summed E-state index contributed by atoms with van der Waals surface area (Å²) < 4.78 is 1.88. The van der Waals surface area contributed by atoms with Gasteiger partial charge in [-0.15, -0.1) is 0 Å². The Bertz CT molecular complexity index is 561. The van der Waals surface area contributed by atoms with E-state index in [1.165, 1.54) is 0 Å². The molecule has 1 aromatic heterocycles. The smallest absolute Gasteiger partial charge is 0.222 e. The number of rotatable bonds is 5. The second kappa shape index (κ2) is 6.09. The zero-order chi connectivity index (χ0) is 14.6. The number of benzene rings is 1. The topological polar surface area (TPSA) is 46.9 Å². The first kappa shape index (κ1) is 14.6. The van der Waals surface area contributed by atoms with Crippen LogP contribution in [0.15, 0.2) is 43.0 Å². The fourth-order valence-corrected chi connectivity index (χ4v) is 2.13. The van der Waals surface area contributed by atoms with Crippen molar-refractivity contribution < 1.29 is 4.79 Å². The summed E-state index contributed by atoms with van der Waals surface area (Å²) in [6.45, 7) is 4.58. The van der Waals surface area contributed by atoms with Crippen LogP contribution in [-0.4, -0.2) is 15.5 Å². The van der Waals surface area contributed by atoms with Crippen LogP contribution in [-0.2, 0) is 16.9 Å². The molecule has 4 nitrogen and oxygen atoms in total. The number of nitrogens with zero attached hydrogens (tertiary/aromatic N) is 2. The van der Waals surface area contributed by atoms with E-state index in [0.29, 0.717) is 18.0 Å². The van der Waals surface area contributed by atoms with E-state index in [4.69, 9.17) is 11.6 Å². The van der Waals surface area contributed by atoms with Gasteiger partial charge in [-0.2, -0.15) is 0 Å². The van der Waals surface area contributed by atoms with Gasteiger partial charge in [0.15, 0.2) is 0 Å². The number of aryl methyl sites for hydroxylation is 1. The SMILES string of the molecule is CC(C)(NC(=O)CCn1ccnc1)c1ccc(Cl)cc1. The van der Waals surface area contributed by atoms with Crippen molar-refractivity contribution in [1.82, 2.24) is 14.9 Å². The fraction of sp³-hybridized carbons (Fsp3) is 0.333. The summed E-state index contributed by atoms with van der Waals surface area (Å²) in [6.07, 6.45) is 5.68. The zero-order valence-corrected chi connectivity index (χ0v) is 12.4. The van der Waals surface area contributed by atoms with E-state index in [1.807, 2.05) is 48.9 Å². The van der Waals surface area contributed by atoms with E-state index < -0.39 is 5.54 Å². The number of carbonyl (C=O) groups excluding carboxylic acids is 1. The quantitative estimate of drug-likeness (QED) is 0.920. The van der Waals surface area contributed by atoms with Gasteiger partial charge in [0.25, 0.3) is 0 Å². The molecule has 1 amide bonds. The number of carbonyl (C=O) groups is 1. The average Bonchev–Trinajstić information content (AvgIpc) is 2.89. The first-order chi connectivity index (χ1) is 9.47. The van der Waals surface area contributed by atoms with Crippen LogP contribution in [0.4, 0.5) is 0 Å². The van der Waals surface area contributed by atoms with Crippen molar-refractivity contribution in [2.45, 2.75) is 32.4 Å². The fourth-order valence-electron chi connectivity index (χ4n) is 2.00. The van der Waals surface area contributed by atoms with Gasteiger partial charge in [-0.05, 0) is 31.5 Å². The third kappa shape index (κ3) is 3.84. The minimum Gasteiger partial charge on any atom is -0.347 e. The highest BCUT2D eigenvalue weighted by atomic mass is 35.5.